The standard InChI is InChI=1S/C27H28ClN5O4/c1-4-18-15-25(34)33(32-26(18)19-8-12-22(37-5-2)23(14-19)36-3)16-17-6-9-20(10-7-17)29-27(35)21-11-13-24(28)31-30-21/h6-14,18H,4-5,15-16H2,1-3H3,(H,29,35). The number of anilines is 1. The summed E-state index contributed by atoms with van der Waals surface area (Å²) in [5.74, 6) is 0.880. The number of amides is 2. The fraction of sp³-hybridized carbons (Fsp3) is 0.296. The number of methoxy groups -OCH3 is 1. The van der Waals surface area contributed by atoms with E-state index in [0.717, 1.165) is 23.3 Å². The van der Waals surface area contributed by atoms with Crippen LogP contribution in [0.5, 0.6) is 11.5 Å². The first-order chi connectivity index (χ1) is 17.9. The van der Waals surface area contributed by atoms with Crippen molar-refractivity contribution in [2.45, 2.75) is 33.2 Å². The smallest absolute Gasteiger partial charge is 0.276 e. The fourth-order valence-electron chi connectivity index (χ4n) is 4.04. The van der Waals surface area contributed by atoms with Gasteiger partial charge in [-0.05, 0) is 61.4 Å². The van der Waals surface area contributed by atoms with Crippen LogP contribution in [0.25, 0.3) is 0 Å². The van der Waals surface area contributed by atoms with Crippen LogP contribution in [-0.2, 0) is 11.3 Å². The van der Waals surface area contributed by atoms with E-state index in [1.54, 1.807) is 19.2 Å². The molecule has 0 saturated carbocycles. The van der Waals surface area contributed by atoms with Crippen LogP contribution in [0.1, 0.15) is 48.3 Å². The average Bonchev–Trinajstić information content (AvgIpc) is 2.91. The Morgan fingerprint density at radius 3 is 2.51 bits per heavy atom. The first-order valence-corrected chi connectivity index (χ1v) is 12.4. The predicted octanol–water partition coefficient (Wildman–Crippen LogP) is 4.95. The molecule has 3 aromatic rings. The molecule has 0 spiro atoms. The minimum absolute atomic E-state index is 0.0138. The zero-order chi connectivity index (χ0) is 26.4. The van der Waals surface area contributed by atoms with E-state index >= 15 is 0 Å². The lowest BCUT2D eigenvalue weighted by molar-refractivity contribution is -0.133. The SMILES string of the molecule is CCOc1ccc(C2=NN(Cc3ccc(NC(=O)c4ccc(Cl)nn4)cc3)C(=O)CC2CC)cc1OC. The Balaban J connectivity index is 1.51. The van der Waals surface area contributed by atoms with Crippen molar-refractivity contribution in [1.82, 2.24) is 15.2 Å². The van der Waals surface area contributed by atoms with Crippen molar-refractivity contribution >= 4 is 34.8 Å². The number of benzene rings is 2. The van der Waals surface area contributed by atoms with Crippen LogP contribution < -0.4 is 14.8 Å². The molecule has 1 aliphatic heterocycles. The minimum Gasteiger partial charge on any atom is -0.493 e. The molecule has 0 fully saturated rings. The monoisotopic (exact) mass is 521 g/mol. The predicted molar refractivity (Wildman–Crippen MR) is 141 cm³/mol. The van der Waals surface area contributed by atoms with Gasteiger partial charge in [-0.25, -0.2) is 5.01 Å². The van der Waals surface area contributed by atoms with Crippen molar-refractivity contribution in [1.29, 1.82) is 0 Å². The first kappa shape index (κ1) is 26.1. The number of aromatic nitrogens is 2. The Morgan fingerprint density at radius 1 is 1.08 bits per heavy atom. The number of nitrogens with one attached hydrogen (secondary N) is 1. The number of halogens is 1. The summed E-state index contributed by atoms with van der Waals surface area (Å²) in [6, 6.07) is 16.0. The maximum atomic E-state index is 12.9. The Hall–Kier alpha value is -3.98. The van der Waals surface area contributed by atoms with Crippen LogP contribution in [0.15, 0.2) is 59.7 Å². The molecule has 2 amide bonds. The summed E-state index contributed by atoms with van der Waals surface area (Å²) in [6.45, 7) is 4.82. The van der Waals surface area contributed by atoms with E-state index in [-0.39, 0.29) is 22.7 Å². The van der Waals surface area contributed by atoms with Crippen molar-refractivity contribution in [2.24, 2.45) is 11.0 Å². The van der Waals surface area contributed by atoms with Gasteiger partial charge in [-0.2, -0.15) is 5.10 Å². The lowest BCUT2D eigenvalue weighted by atomic mass is 9.89. The second-order valence-electron chi connectivity index (χ2n) is 8.44. The van der Waals surface area contributed by atoms with Gasteiger partial charge in [0.25, 0.3) is 5.91 Å². The van der Waals surface area contributed by atoms with Gasteiger partial charge in [-0.1, -0.05) is 30.7 Å². The molecule has 1 aliphatic rings. The molecule has 1 aromatic heterocycles. The van der Waals surface area contributed by atoms with E-state index in [9.17, 15) is 9.59 Å². The Morgan fingerprint density at radius 2 is 1.86 bits per heavy atom. The number of nitrogens with zero attached hydrogens (tertiary/aromatic N) is 4. The van der Waals surface area contributed by atoms with Gasteiger partial charge in [0, 0.05) is 23.6 Å². The van der Waals surface area contributed by atoms with E-state index in [4.69, 9.17) is 26.2 Å². The highest BCUT2D eigenvalue weighted by atomic mass is 35.5. The first-order valence-electron chi connectivity index (χ1n) is 12.0. The van der Waals surface area contributed by atoms with Crippen LogP contribution in [0.4, 0.5) is 5.69 Å². The van der Waals surface area contributed by atoms with Gasteiger partial charge in [0.2, 0.25) is 5.91 Å². The van der Waals surface area contributed by atoms with Gasteiger partial charge in [0.05, 0.1) is 26.0 Å². The van der Waals surface area contributed by atoms with Gasteiger partial charge >= 0.3 is 0 Å². The third-order valence-electron chi connectivity index (χ3n) is 5.98. The summed E-state index contributed by atoms with van der Waals surface area (Å²) in [7, 11) is 1.60. The number of ether oxygens (including phenoxy) is 2. The van der Waals surface area contributed by atoms with Gasteiger partial charge in [0.15, 0.2) is 22.3 Å². The van der Waals surface area contributed by atoms with E-state index in [1.807, 2.05) is 37.3 Å². The number of rotatable bonds is 9. The third-order valence-corrected chi connectivity index (χ3v) is 6.19. The van der Waals surface area contributed by atoms with Crippen LogP contribution >= 0.6 is 11.6 Å². The summed E-state index contributed by atoms with van der Waals surface area (Å²) in [5.41, 5.74) is 3.36. The molecular formula is C27H28ClN5O4. The molecule has 1 unspecified atom stereocenters. The second kappa shape index (κ2) is 11.8. The molecule has 0 saturated heterocycles. The van der Waals surface area contributed by atoms with Crippen LogP contribution in [-0.4, -0.2) is 46.4 Å². The van der Waals surface area contributed by atoms with Crippen LogP contribution in [0.2, 0.25) is 5.15 Å². The highest BCUT2D eigenvalue weighted by Crippen LogP contribution is 2.32. The quantitative estimate of drug-likeness (QED) is 0.427. The molecule has 2 heterocycles. The largest absolute Gasteiger partial charge is 0.493 e. The van der Waals surface area contributed by atoms with Gasteiger partial charge in [-0.15, -0.1) is 10.2 Å². The van der Waals surface area contributed by atoms with E-state index in [1.165, 1.54) is 17.1 Å². The van der Waals surface area contributed by atoms with E-state index in [0.29, 0.717) is 36.8 Å². The number of carbonyl (C=O) groups excluding carboxylic acids is 2. The minimum atomic E-state index is -0.395. The molecule has 37 heavy (non-hydrogen) atoms. The summed E-state index contributed by atoms with van der Waals surface area (Å²) < 4.78 is 11.1. The Bertz CT molecular complexity index is 1300. The third kappa shape index (κ3) is 6.24. The molecule has 4 rings (SSSR count). The molecule has 0 radical (unpaired) electrons. The molecule has 1 N–H and O–H groups in total. The van der Waals surface area contributed by atoms with E-state index < -0.39 is 5.91 Å². The topological polar surface area (TPSA) is 106 Å². The number of hydrogen-bond donors (Lipinski definition) is 1. The van der Waals surface area contributed by atoms with Crippen molar-refractivity contribution in [3.63, 3.8) is 0 Å². The number of carbonyl (C=O) groups is 2. The molecule has 0 bridgehead atoms. The fourth-order valence-corrected chi connectivity index (χ4v) is 4.14. The average molecular weight is 522 g/mol. The lowest BCUT2D eigenvalue weighted by Crippen LogP contribution is -2.36. The zero-order valence-electron chi connectivity index (χ0n) is 20.9. The lowest BCUT2D eigenvalue weighted by Gasteiger charge is -2.29. The number of hydrazone groups is 1. The molecular weight excluding hydrogens is 494 g/mol. The van der Waals surface area contributed by atoms with Crippen LogP contribution in [0.3, 0.4) is 0 Å². The zero-order valence-corrected chi connectivity index (χ0v) is 21.7. The second-order valence-corrected chi connectivity index (χ2v) is 8.82. The Kier molecular flexibility index (Phi) is 8.35. The Labute approximate surface area is 220 Å². The van der Waals surface area contributed by atoms with Gasteiger partial charge in [-0.3, -0.25) is 9.59 Å². The molecule has 2 aromatic carbocycles. The molecule has 192 valence electrons. The highest BCUT2D eigenvalue weighted by Gasteiger charge is 2.29. The van der Waals surface area contributed by atoms with Gasteiger partial charge < -0.3 is 14.8 Å². The van der Waals surface area contributed by atoms with Crippen molar-refractivity contribution < 1.29 is 19.1 Å². The van der Waals surface area contributed by atoms with Gasteiger partial charge in [0.1, 0.15) is 0 Å². The highest BCUT2D eigenvalue weighted by molar-refractivity contribution is 6.29. The van der Waals surface area contributed by atoms with Crippen molar-refractivity contribution in [2.75, 3.05) is 19.0 Å². The molecule has 0 aliphatic carbocycles. The molecule has 9 nitrogen and oxygen atoms in total. The van der Waals surface area contributed by atoms with E-state index in [2.05, 4.69) is 22.4 Å². The summed E-state index contributed by atoms with van der Waals surface area (Å²) >= 11 is 5.72. The maximum Gasteiger partial charge on any atom is 0.276 e. The van der Waals surface area contributed by atoms with Crippen molar-refractivity contribution in [3.8, 4) is 11.5 Å². The summed E-state index contributed by atoms with van der Waals surface area (Å²) in [6.07, 6.45) is 1.17. The molecule has 10 heteroatoms. The molecule has 1 atom stereocenters. The number of hydrogen-bond acceptors (Lipinski definition) is 7. The summed E-state index contributed by atoms with van der Waals surface area (Å²) in [5, 5.41) is 16.7. The van der Waals surface area contributed by atoms with Crippen molar-refractivity contribution in [3.05, 3.63) is 76.6 Å². The summed E-state index contributed by atoms with van der Waals surface area (Å²) in [4.78, 5) is 25.3. The van der Waals surface area contributed by atoms with Crippen LogP contribution in [0, 0.1) is 5.92 Å². The maximum absolute atomic E-state index is 12.9. The normalized spacial score (nSPS) is 15.2.